The number of nitrogens with zero attached hydrogens (tertiary/aromatic N) is 3. The Morgan fingerprint density at radius 1 is 0.970 bits per heavy atom. The molecular weight excluding hydrogens is 436 g/mol. The average Bonchev–Trinajstić information content (AvgIpc) is 3.10. The van der Waals surface area contributed by atoms with Crippen LogP contribution in [0.4, 0.5) is 0 Å². The molecule has 7 nitrogen and oxygen atoms in total. The molecule has 1 aliphatic rings. The number of piperidine rings is 1. The molecule has 2 heterocycles. The third-order valence-electron chi connectivity index (χ3n) is 6.42. The monoisotopic (exact) mass is 466 g/mol. The van der Waals surface area contributed by atoms with E-state index in [0.29, 0.717) is 37.3 Å². The van der Waals surface area contributed by atoms with E-state index in [0.717, 1.165) is 11.1 Å². The number of hydrogen-bond donors (Lipinski definition) is 1. The molecule has 4 rings (SSSR count). The van der Waals surface area contributed by atoms with Crippen molar-refractivity contribution in [3.8, 4) is 0 Å². The van der Waals surface area contributed by atoms with E-state index in [1.54, 1.807) is 25.6 Å². The molecule has 0 atom stereocenters. The third kappa shape index (κ3) is 4.72. The van der Waals surface area contributed by atoms with E-state index in [4.69, 9.17) is 0 Å². The predicted octanol–water partition coefficient (Wildman–Crippen LogP) is 3.34. The summed E-state index contributed by atoms with van der Waals surface area (Å²) in [5, 5.41) is 7.46. The Bertz CT molecular complexity index is 1180. The van der Waals surface area contributed by atoms with Gasteiger partial charge < -0.3 is 5.32 Å². The summed E-state index contributed by atoms with van der Waals surface area (Å²) in [6.07, 6.45) is 0.972. The first-order chi connectivity index (χ1) is 15.8. The van der Waals surface area contributed by atoms with Crippen LogP contribution in [0.5, 0.6) is 0 Å². The van der Waals surface area contributed by atoms with Crippen LogP contribution in [-0.2, 0) is 21.9 Å². The first-order valence-electron chi connectivity index (χ1n) is 11.2. The number of aromatic nitrogens is 2. The smallest absolute Gasteiger partial charge is 0.246 e. The lowest BCUT2D eigenvalue weighted by Crippen LogP contribution is -2.44. The van der Waals surface area contributed by atoms with E-state index in [1.807, 2.05) is 60.7 Å². The Labute approximate surface area is 195 Å². The molecule has 1 N–H and O–H groups in total. The molecule has 0 unspecified atom stereocenters. The van der Waals surface area contributed by atoms with Crippen molar-refractivity contribution < 1.29 is 13.2 Å². The van der Waals surface area contributed by atoms with E-state index in [-0.39, 0.29) is 22.8 Å². The second-order valence-electron chi connectivity index (χ2n) is 8.56. The van der Waals surface area contributed by atoms with Crippen LogP contribution in [-0.4, -0.2) is 41.5 Å². The fraction of sp³-hybridized carbons (Fsp3) is 0.360. The second kappa shape index (κ2) is 9.49. The molecule has 1 aliphatic heterocycles. The van der Waals surface area contributed by atoms with Gasteiger partial charge in [-0.3, -0.25) is 9.48 Å². The number of carbonyl (C=O) groups excluding carboxylic acids is 1. The molecule has 8 heteroatoms. The maximum atomic E-state index is 13.2. The van der Waals surface area contributed by atoms with Crippen LogP contribution in [0.2, 0.25) is 0 Å². The van der Waals surface area contributed by atoms with Gasteiger partial charge in [-0.15, -0.1) is 0 Å². The van der Waals surface area contributed by atoms with Gasteiger partial charge in [0.25, 0.3) is 0 Å². The zero-order chi connectivity index (χ0) is 23.6. The van der Waals surface area contributed by atoms with E-state index < -0.39 is 10.0 Å². The van der Waals surface area contributed by atoms with Gasteiger partial charge in [0.2, 0.25) is 15.9 Å². The van der Waals surface area contributed by atoms with Gasteiger partial charge in [0.05, 0.1) is 17.4 Å². The van der Waals surface area contributed by atoms with E-state index in [1.165, 1.54) is 4.31 Å². The van der Waals surface area contributed by atoms with Gasteiger partial charge >= 0.3 is 0 Å². The summed E-state index contributed by atoms with van der Waals surface area (Å²) in [7, 11) is -1.90. The van der Waals surface area contributed by atoms with Crippen LogP contribution in [0.1, 0.15) is 41.4 Å². The minimum atomic E-state index is -3.64. The van der Waals surface area contributed by atoms with Crippen LogP contribution in [0.15, 0.2) is 65.6 Å². The van der Waals surface area contributed by atoms with Crippen LogP contribution in [0, 0.1) is 19.8 Å². The van der Waals surface area contributed by atoms with Gasteiger partial charge in [0.1, 0.15) is 4.90 Å². The summed E-state index contributed by atoms with van der Waals surface area (Å²) in [5.74, 6) is -0.277. The highest BCUT2D eigenvalue weighted by atomic mass is 32.2. The normalized spacial score (nSPS) is 15.6. The number of aryl methyl sites for hydroxylation is 2. The average molecular weight is 467 g/mol. The second-order valence-corrected chi connectivity index (χ2v) is 10.4. The molecule has 1 aromatic heterocycles. The molecule has 0 aliphatic carbocycles. The maximum absolute atomic E-state index is 13.2. The number of carbonyl (C=O) groups is 1. The molecular formula is C25H30N4O3S. The van der Waals surface area contributed by atoms with E-state index in [2.05, 4.69) is 10.4 Å². The van der Waals surface area contributed by atoms with Crippen molar-refractivity contribution in [2.75, 3.05) is 13.1 Å². The Kier molecular flexibility index (Phi) is 6.67. The SMILES string of the molecule is Cc1nn(C)c(C)c1S(=O)(=O)N1CCC(C(=O)NC(c2ccccc2)c2ccccc2)CC1. The minimum absolute atomic E-state index is 0.0431. The summed E-state index contributed by atoms with van der Waals surface area (Å²) in [4.78, 5) is 13.5. The van der Waals surface area contributed by atoms with Crippen molar-refractivity contribution >= 4 is 15.9 Å². The zero-order valence-electron chi connectivity index (χ0n) is 19.2. The third-order valence-corrected chi connectivity index (χ3v) is 8.57. The molecule has 0 saturated carbocycles. The standard InChI is InChI=1S/C25H30N4O3S/c1-18-24(19(2)28(3)27-18)33(31,32)29-16-14-22(15-17-29)25(30)26-23(20-10-6-4-7-11-20)21-12-8-5-9-13-21/h4-13,22-23H,14-17H2,1-3H3,(H,26,30). The number of amides is 1. The van der Waals surface area contributed by atoms with Gasteiger partial charge in [-0.05, 0) is 37.8 Å². The van der Waals surface area contributed by atoms with Crippen molar-refractivity contribution in [3.05, 3.63) is 83.2 Å². The molecule has 174 valence electrons. The Balaban J connectivity index is 1.46. The fourth-order valence-electron chi connectivity index (χ4n) is 4.53. The van der Waals surface area contributed by atoms with Crippen LogP contribution < -0.4 is 5.32 Å². The topological polar surface area (TPSA) is 84.3 Å². The van der Waals surface area contributed by atoms with Crippen molar-refractivity contribution in [1.29, 1.82) is 0 Å². The zero-order valence-corrected chi connectivity index (χ0v) is 20.0. The lowest BCUT2D eigenvalue weighted by Gasteiger charge is -2.31. The van der Waals surface area contributed by atoms with Gasteiger partial charge in [0, 0.05) is 26.1 Å². The van der Waals surface area contributed by atoms with Crippen molar-refractivity contribution in [2.45, 2.75) is 37.6 Å². The Morgan fingerprint density at radius 3 is 1.94 bits per heavy atom. The molecule has 0 radical (unpaired) electrons. The van der Waals surface area contributed by atoms with Crippen LogP contribution in [0.25, 0.3) is 0 Å². The lowest BCUT2D eigenvalue weighted by atomic mass is 9.94. The highest BCUT2D eigenvalue weighted by Crippen LogP contribution is 2.29. The van der Waals surface area contributed by atoms with E-state index >= 15 is 0 Å². The molecule has 1 fully saturated rings. The Hall–Kier alpha value is -2.97. The van der Waals surface area contributed by atoms with Gasteiger partial charge in [-0.1, -0.05) is 60.7 Å². The molecule has 0 bridgehead atoms. The minimum Gasteiger partial charge on any atom is -0.345 e. The number of rotatable bonds is 6. The highest BCUT2D eigenvalue weighted by Gasteiger charge is 2.35. The summed E-state index contributed by atoms with van der Waals surface area (Å²) < 4.78 is 29.6. The number of nitrogens with one attached hydrogen (secondary N) is 1. The fourth-order valence-corrected chi connectivity index (χ4v) is 6.39. The number of sulfonamides is 1. The van der Waals surface area contributed by atoms with Crippen LogP contribution >= 0.6 is 0 Å². The van der Waals surface area contributed by atoms with Crippen molar-refractivity contribution in [1.82, 2.24) is 19.4 Å². The quantitative estimate of drug-likeness (QED) is 0.604. The molecule has 33 heavy (non-hydrogen) atoms. The number of hydrogen-bond acceptors (Lipinski definition) is 4. The van der Waals surface area contributed by atoms with Crippen molar-refractivity contribution in [2.24, 2.45) is 13.0 Å². The highest BCUT2D eigenvalue weighted by molar-refractivity contribution is 7.89. The van der Waals surface area contributed by atoms with Gasteiger partial charge in [-0.2, -0.15) is 9.40 Å². The summed E-state index contributed by atoms with van der Waals surface area (Å²) >= 11 is 0. The van der Waals surface area contributed by atoms with Gasteiger partial charge in [-0.25, -0.2) is 8.42 Å². The summed E-state index contributed by atoms with van der Waals surface area (Å²) in [6, 6.07) is 19.5. The predicted molar refractivity (Wildman–Crippen MR) is 127 cm³/mol. The maximum Gasteiger partial charge on any atom is 0.246 e. The first-order valence-corrected chi connectivity index (χ1v) is 12.6. The number of benzene rings is 2. The molecule has 0 spiro atoms. The van der Waals surface area contributed by atoms with Gasteiger partial charge in [0.15, 0.2) is 0 Å². The molecule has 1 saturated heterocycles. The lowest BCUT2D eigenvalue weighted by molar-refractivity contribution is -0.126. The van der Waals surface area contributed by atoms with Crippen molar-refractivity contribution in [3.63, 3.8) is 0 Å². The van der Waals surface area contributed by atoms with E-state index in [9.17, 15) is 13.2 Å². The first kappa shape index (κ1) is 23.2. The Morgan fingerprint density at radius 2 is 1.48 bits per heavy atom. The summed E-state index contributed by atoms with van der Waals surface area (Å²) in [5.41, 5.74) is 3.16. The molecule has 1 amide bonds. The largest absolute Gasteiger partial charge is 0.345 e. The van der Waals surface area contributed by atoms with Crippen LogP contribution in [0.3, 0.4) is 0 Å². The summed E-state index contributed by atoms with van der Waals surface area (Å²) in [6.45, 7) is 4.11. The molecule has 3 aromatic rings. The molecule has 2 aromatic carbocycles.